The van der Waals surface area contributed by atoms with Gasteiger partial charge in [0, 0.05) is 16.8 Å². The summed E-state index contributed by atoms with van der Waals surface area (Å²) in [6.07, 6.45) is 1.59. The summed E-state index contributed by atoms with van der Waals surface area (Å²) in [5.41, 5.74) is 0.619. The number of hydrogen-bond acceptors (Lipinski definition) is 4. The van der Waals surface area contributed by atoms with Gasteiger partial charge >= 0.3 is 5.97 Å². The molecule has 4 nitrogen and oxygen atoms in total. The van der Waals surface area contributed by atoms with E-state index in [1.54, 1.807) is 17.5 Å². The number of ether oxygens (including phenoxy) is 1. The van der Waals surface area contributed by atoms with Gasteiger partial charge in [0.15, 0.2) is 0 Å². The Morgan fingerprint density at radius 1 is 1.45 bits per heavy atom. The number of thiazole rings is 1. The summed E-state index contributed by atoms with van der Waals surface area (Å²) >= 11 is 7.35. The first-order chi connectivity index (χ1) is 9.63. The summed E-state index contributed by atoms with van der Waals surface area (Å²) in [6, 6.07) is 7.28. The van der Waals surface area contributed by atoms with Gasteiger partial charge in [-0.05, 0) is 24.6 Å². The van der Waals surface area contributed by atoms with Crippen molar-refractivity contribution in [2.75, 3.05) is 6.61 Å². The lowest BCUT2D eigenvalue weighted by Crippen LogP contribution is -2.01. The molecule has 0 atom stereocenters. The second kappa shape index (κ2) is 7.26. The van der Waals surface area contributed by atoms with E-state index >= 15 is 0 Å². The Balaban J connectivity index is 1.73. The highest BCUT2D eigenvalue weighted by atomic mass is 35.5. The average molecular weight is 312 g/mol. The zero-order valence-electron chi connectivity index (χ0n) is 10.7. The summed E-state index contributed by atoms with van der Waals surface area (Å²) in [5, 5.41) is 12.1. The molecule has 2 rings (SSSR count). The normalized spacial score (nSPS) is 10.4. The smallest absolute Gasteiger partial charge is 0.309 e. The van der Waals surface area contributed by atoms with Crippen LogP contribution in [0.3, 0.4) is 0 Å². The number of carboxylic acids is 1. The molecule has 20 heavy (non-hydrogen) atoms. The van der Waals surface area contributed by atoms with E-state index in [-0.39, 0.29) is 6.42 Å². The number of benzene rings is 1. The number of carboxylic acid groups (broad SMARTS) is 1. The Bertz CT molecular complexity index is 585. The van der Waals surface area contributed by atoms with Crippen LogP contribution in [0.2, 0.25) is 5.02 Å². The number of aliphatic carboxylic acids is 1. The van der Waals surface area contributed by atoms with E-state index in [0.29, 0.717) is 17.3 Å². The number of hydrogen-bond donors (Lipinski definition) is 1. The zero-order chi connectivity index (χ0) is 14.4. The van der Waals surface area contributed by atoms with Gasteiger partial charge in [0.1, 0.15) is 5.75 Å². The maximum atomic E-state index is 10.6. The highest BCUT2D eigenvalue weighted by Gasteiger charge is 2.06. The number of nitrogens with zero attached hydrogens (tertiary/aromatic N) is 1. The third kappa shape index (κ3) is 4.83. The van der Waals surface area contributed by atoms with Crippen LogP contribution in [0.15, 0.2) is 29.6 Å². The molecule has 106 valence electrons. The number of aryl methyl sites for hydroxylation is 1. The van der Waals surface area contributed by atoms with Gasteiger partial charge in [0.05, 0.1) is 23.7 Å². The molecule has 0 aliphatic carbocycles. The van der Waals surface area contributed by atoms with Gasteiger partial charge in [-0.1, -0.05) is 17.7 Å². The van der Waals surface area contributed by atoms with Crippen molar-refractivity contribution in [3.05, 3.63) is 45.4 Å². The molecule has 2 aromatic rings. The number of rotatable bonds is 7. The molecule has 0 radical (unpaired) electrons. The topological polar surface area (TPSA) is 59.4 Å². The second-order valence-electron chi connectivity index (χ2n) is 4.21. The summed E-state index contributed by atoms with van der Waals surface area (Å²) in [6.45, 7) is 0.578. The van der Waals surface area contributed by atoms with Crippen LogP contribution in [0.25, 0.3) is 0 Å². The lowest BCUT2D eigenvalue weighted by atomic mass is 10.3. The highest BCUT2D eigenvalue weighted by molar-refractivity contribution is 7.09. The lowest BCUT2D eigenvalue weighted by Gasteiger charge is -2.05. The monoisotopic (exact) mass is 311 g/mol. The van der Waals surface area contributed by atoms with Gasteiger partial charge in [-0.25, -0.2) is 4.98 Å². The molecule has 0 fully saturated rings. The van der Waals surface area contributed by atoms with E-state index in [4.69, 9.17) is 21.4 Å². The summed E-state index contributed by atoms with van der Waals surface area (Å²) in [5.74, 6) is -0.102. The SMILES string of the molecule is O=C(O)Cc1csc(CCCOc2cccc(Cl)c2)n1. The van der Waals surface area contributed by atoms with Crippen LogP contribution in [-0.4, -0.2) is 22.7 Å². The molecule has 1 N–H and O–H groups in total. The van der Waals surface area contributed by atoms with Crippen molar-refractivity contribution in [3.8, 4) is 5.75 Å². The minimum atomic E-state index is -0.855. The van der Waals surface area contributed by atoms with Crippen LogP contribution in [0.5, 0.6) is 5.75 Å². The van der Waals surface area contributed by atoms with Crippen LogP contribution < -0.4 is 4.74 Å². The van der Waals surface area contributed by atoms with Crippen LogP contribution in [0, 0.1) is 0 Å². The van der Waals surface area contributed by atoms with Crippen LogP contribution in [0.1, 0.15) is 17.1 Å². The average Bonchev–Trinajstić information content (AvgIpc) is 2.81. The van der Waals surface area contributed by atoms with Gasteiger partial charge in [0.2, 0.25) is 0 Å². The largest absolute Gasteiger partial charge is 0.494 e. The third-order valence-corrected chi connectivity index (χ3v) is 3.72. The standard InChI is InChI=1S/C14H14ClNO3S/c15-10-3-1-4-12(7-10)19-6-2-5-13-16-11(9-20-13)8-14(17)18/h1,3-4,7,9H,2,5-6,8H2,(H,17,18). The third-order valence-electron chi connectivity index (χ3n) is 2.53. The predicted molar refractivity (Wildman–Crippen MR) is 78.7 cm³/mol. The van der Waals surface area contributed by atoms with Crippen molar-refractivity contribution in [2.45, 2.75) is 19.3 Å². The number of aromatic nitrogens is 1. The Morgan fingerprint density at radius 2 is 2.30 bits per heavy atom. The van der Waals surface area contributed by atoms with E-state index in [2.05, 4.69) is 4.98 Å². The Morgan fingerprint density at radius 3 is 3.05 bits per heavy atom. The van der Waals surface area contributed by atoms with Crippen molar-refractivity contribution in [1.82, 2.24) is 4.98 Å². The quantitative estimate of drug-likeness (QED) is 0.796. The van der Waals surface area contributed by atoms with Crippen molar-refractivity contribution < 1.29 is 14.6 Å². The summed E-state index contributed by atoms with van der Waals surface area (Å²) in [4.78, 5) is 14.8. The molecule has 0 amide bonds. The minimum absolute atomic E-state index is 0.0183. The fourth-order valence-electron chi connectivity index (χ4n) is 1.67. The van der Waals surface area contributed by atoms with Crippen molar-refractivity contribution in [3.63, 3.8) is 0 Å². The number of carbonyl (C=O) groups is 1. The van der Waals surface area contributed by atoms with Crippen LogP contribution in [-0.2, 0) is 17.6 Å². The predicted octanol–water partition coefficient (Wildman–Crippen LogP) is 3.44. The second-order valence-corrected chi connectivity index (χ2v) is 5.59. The molecule has 0 spiro atoms. The first-order valence-electron chi connectivity index (χ1n) is 6.17. The molecule has 0 unspecified atom stereocenters. The first kappa shape index (κ1) is 14.8. The van der Waals surface area contributed by atoms with Crippen molar-refractivity contribution in [2.24, 2.45) is 0 Å². The lowest BCUT2D eigenvalue weighted by molar-refractivity contribution is -0.136. The van der Waals surface area contributed by atoms with Crippen LogP contribution >= 0.6 is 22.9 Å². The van der Waals surface area contributed by atoms with Gasteiger partial charge in [-0.15, -0.1) is 11.3 Å². The van der Waals surface area contributed by atoms with Crippen molar-refractivity contribution >= 4 is 28.9 Å². The molecular weight excluding hydrogens is 298 g/mol. The van der Waals surface area contributed by atoms with Gasteiger partial charge < -0.3 is 9.84 Å². The maximum Gasteiger partial charge on any atom is 0.309 e. The molecule has 6 heteroatoms. The molecule has 1 aromatic heterocycles. The van der Waals surface area contributed by atoms with E-state index in [1.807, 2.05) is 12.1 Å². The van der Waals surface area contributed by atoms with Crippen LogP contribution in [0.4, 0.5) is 0 Å². The molecular formula is C14H14ClNO3S. The van der Waals surface area contributed by atoms with E-state index < -0.39 is 5.97 Å². The Hall–Kier alpha value is -1.59. The van der Waals surface area contributed by atoms with Gasteiger partial charge in [0.25, 0.3) is 0 Å². The Kier molecular flexibility index (Phi) is 5.38. The van der Waals surface area contributed by atoms with E-state index in [0.717, 1.165) is 23.6 Å². The number of halogens is 1. The zero-order valence-corrected chi connectivity index (χ0v) is 12.3. The van der Waals surface area contributed by atoms with E-state index in [1.165, 1.54) is 11.3 Å². The summed E-state index contributed by atoms with van der Waals surface area (Å²) in [7, 11) is 0. The van der Waals surface area contributed by atoms with Crippen molar-refractivity contribution in [1.29, 1.82) is 0 Å². The first-order valence-corrected chi connectivity index (χ1v) is 7.42. The van der Waals surface area contributed by atoms with Gasteiger partial charge in [-0.2, -0.15) is 0 Å². The molecule has 1 heterocycles. The highest BCUT2D eigenvalue weighted by Crippen LogP contribution is 2.18. The Labute approximate surface area is 126 Å². The van der Waals surface area contributed by atoms with Gasteiger partial charge in [-0.3, -0.25) is 4.79 Å². The molecule has 1 aromatic carbocycles. The molecule has 0 saturated carbocycles. The maximum absolute atomic E-state index is 10.6. The summed E-state index contributed by atoms with van der Waals surface area (Å²) < 4.78 is 5.58. The molecule has 0 aliphatic rings. The molecule has 0 bridgehead atoms. The fraction of sp³-hybridized carbons (Fsp3) is 0.286. The molecule has 0 saturated heterocycles. The van der Waals surface area contributed by atoms with E-state index in [9.17, 15) is 4.79 Å². The minimum Gasteiger partial charge on any atom is -0.494 e. The fourth-order valence-corrected chi connectivity index (χ4v) is 2.69. The molecule has 0 aliphatic heterocycles.